The molecular formula is C19H12N4O5-2. The molecule has 1 heterocycles. The molecule has 0 bridgehead atoms. The number of aromatic nitrogens is 2. The van der Waals surface area contributed by atoms with E-state index < -0.39 is 17.5 Å². The molecule has 3 rings (SSSR count). The fraction of sp³-hybridized carbons (Fsp3) is 0. The number of fused-ring (bicyclic) bond motifs is 1. The van der Waals surface area contributed by atoms with Gasteiger partial charge in [-0.05, 0) is 30.3 Å². The van der Waals surface area contributed by atoms with Gasteiger partial charge < -0.3 is 30.4 Å². The molecule has 9 heteroatoms. The van der Waals surface area contributed by atoms with Gasteiger partial charge in [0.05, 0.1) is 17.5 Å². The second-order valence-corrected chi connectivity index (χ2v) is 5.55. The molecule has 140 valence electrons. The summed E-state index contributed by atoms with van der Waals surface area (Å²) in [5.74, 6) is -3.98. The van der Waals surface area contributed by atoms with Crippen LogP contribution in [0.15, 0.2) is 66.6 Å². The van der Waals surface area contributed by atoms with Gasteiger partial charge >= 0.3 is 0 Å². The third-order valence-electron chi connectivity index (χ3n) is 3.72. The van der Waals surface area contributed by atoms with E-state index >= 15 is 0 Å². The first-order chi connectivity index (χ1) is 13.5. The molecule has 28 heavy (non-hydrogen) atoms. The van der Waals surface area contributed by atoms with Crippen LogP contribution in [0.5, 0.6) is 0 Å². The van der Waals surface area contributed by atoms with E-state index in [2.05, 4.69) is 20.6 Å². The number of carbonyl (C=O) groups excluding carboxylic acids is 3. The largest absolute Gasteiger partial charge is 0.545 e. The zero-order valence-corrected chi connectivity index (χ0v) is 14.2. The van der Waals surface area contributed by atoms with Crippen molar-refractivity contribution in [1.29, 1.82) is 0 Å². The first kappa shape index (κ1) is 18.5. The van der Waals surface area contributed by atoms with Crippen molar-refractivity contribution in [3.63, 3.8) is 0 Å². The molecule has 0 aliphatic rings. The molecule has 2 N–H and O–H groups in total. The van der Waals surface area contributed by atoms with Crippen molar-refractivity contribution >= 4 is 40.3 Å². The van der Waals surface area contributed by atoms with Crippen LogP contribution in [0.25, 0.3) is 10.9 Å². The van der Waals surface area contributed by atoms with Gasteiger partial charge in [-0.15, -0.1) is 0 Å². The van der Waals surface area contributed by atoms with Crippen LogP contribution in [-0.2, 0) is 9.59 Å². The van der Waals surface area contributed by atoms with Crippen molar-refractivity contribution in [2.24, 2.45) is 0 Å². The summed E-state index contributed by atoms with van der Waals surface area (Å²) in [6.07, 6.45) is 1.93. The summed E-state index contributed by atoms with van der Waals surface area (Å²) >= 11 is 0. The van der Waals surface area contributed by atoms with E-state index in [1.54, 1.807) is 48.5 Å². The standard InChI is InChI=1S/C19H14N4O5/c24-17(11-4-2-1-3-5-11)23-12-6-7-15-13(8-12)16(22-10-21-15)20-9-14(18(25)26)19(27)28/h1-10H,(H,23,24)(H,25,26)(H,27,28)(H,20,21,22)/p-2. The van der Waals surface area contributed by atoms with Crippen molar-refractivity contribution in [3.8, 4) is 0 Å². The molecule has 0 aliphatic carbocycles. The zero-order valence-electron chi connectivity index (χ0n) is 14.2. The number of nitrogens with one attached hydrogen (secondary N) is 2. The molecular weight excluding hydrogens is 364 g/mol. The van der Waals surface area contributed by atoms with Crippen LogP contribution < -0.4 is 20.8 Å². The van der Waals surface area contributed by atoms with E-state index in [1.807, 2.05) is 0 Å². The molecule has 0 saturated carbocycles. The fourth-order valence-corrected chi connectivity index (χ4v) is 2.38. The fourth-order valence-electron chi connectivity index (χ4n) is 2.38. The smallest absolute Gasteiger partial charge is 0.255 e. The molecule has 1 aromatic heterocycles. The number of carbonyl (C=O) groups is 3. The normalized spacial score (nSPS) is 10.1. The van der Waals surface area contributed by atoms with Crippen LogP contribution in [0.2, 0.25) is 0 Å². The number of anilines is 2. The topological polar surface area (TPSA) is 147 Å². The Kier molecular flexibility index (Phi) is 5.26. The van der Waals surface area contributed by atoms with Crippen LogP contribution in [-0.4, -0.2) is 27.8 Å². The van der Waals surface area contributed by atoms with Gasteiger partial charge in [0.1, 0.15) is 12.1 Å². The van der Waals surface area contributed by atoms with E-state index in [0.29, 0.717) is 28.4 Å². The second kappa shape index (κ2) is 7.96. The van der Waals surface area contributed by atoms with Gasteiger partial charge in [-0.3, -0.25) is 4.79 Å². The van der Waals surface area contributed by atoms with Gasteiger partial charge in [0.25, 0.3) is 5.91 Å². The molecule has 9 nitrogen and oxygen atoms in total. The molecule has 0 saturated heterocycles. The lowest BCUT2D eigenvalue weighted by Crippen LogP contribution is -2.36. The SMILES string of the molecule is O=C([O-])C(=CNc1ncnc2ccc(NC(=O)c3ccccc3)cc12)C(=O)[O-]. The van der Waals surface area contributed by atoms with E-state index in [-0.39, 0.29) is 11.7 Å². The third-order valence-corrected chi connectivity index (χ3v) is 3.72. The molecule has 0 spiro atoms. The maximum atomic E-state index is 12.3. The quantitative estimate of drug-likeness (QED) is 0.338. The highest BCUT2D eigenvalue weighted by Crippen LogP contribution is 2.23. The van der Waals surface area contributed by atoms with E-state index in [9.17, 15) is 24.6 Å². The maximum absolute atomic E-state index is 12.3. The van der Waals surface area contributed by atoms with Crippen molar-refractivity contribution in [3.05, 3.63) is 72.2 Å². The zero-order chi connectivity index (χ0) is 20.1. The Hall–Kier alpha value is -4.27. The summed E-state index contributed by atoms with van der Waals surface area (Å²) < 4.78 is 0. The van der Waals surface area contributed by atoms with E-state index in [0.717, 1.165) is 0 Å². The van der Waals surface area contributed by atoms with Gasteiger partial charge in [0, 0.05) is 28.4 Å². The number of rotatable bonds is 6. The summed E-state index contributed by atoms with van der Waals surface area (Å²) in [4.78, 5) is 42.0. The minimum atomic E-state index is -1.90. The van der Waals surface area contributed by atoms with Gasteiger partial charge in [0.2, 0.25) is 0 Å². The average molecular weight is 376 g/mol. The van der Waals surface area contributed by atoms with Gasteiger partial charge in [-0.25, -0.2) is 9.97 Å². The third kappa shape index (κ3) is 4.10. The Morgan fingerprint density at radius 1 is 0.929 bits per heavy atom. The minimum Gasteiger partial charge on any atom is -0.545 e. The predicted molar refractivity (Wildman–Crippen MR) is 95.7 cm³/mol. The monoisotopic (exact) mass is 376 g/mol. The first-order valence-corrected chi connectivity index (χ1v) is 7.96. The van der Waals surface area contributed by atoms with Crippen LogP contribution >= 0.6 is 0 Å². The number of aliphatic carboxylic acids is 2. The number of nitrogens with zero attached hydrogens (tertiary/aromatic N) is 2. The maximum Gasteiger partial charge on any atom is 0.255 e. The average Bonchev–Trinajstić information content (AvgIpc) is 2.68. The number of carboxylic acids is 2. The highest BCUT2D eigenvalue weighted by molar-refractivity contribution is 6.11. The molecule has 0 atom stereocenters. The van der Waals surface area contributed by atoms with Crippen molar-refractivity contribution in [2.75, 3.05) is 10.6 Å². The Morgan fingerprint density at radius 2 is 1.64 bits per heavy atom. The summed E-state index contributed by atoms with van der Waals surface area (Å²) in [6.45, 7) is 0. The minimum absolute atomic E-state index is 0.140. The summed E-state index contributed by atoms with van der Waals surface area (Å²) in [5.41, 5.74) is 0.344. The molecule has 1 amide bonds. The molecule has 2 aromatic carbocycles. The molecule has 3 aromatic rings. The summed E-state index contributed by atoms with van der Waals surface area (Å²) in [6, 6.07) is 13.5. The number of carboxylic acid groups (broad SMARTS) is 2. The number of amides is 1. The Labute approximate surface area is 158 Å². The highest BCUT2D eigenvalue weighted by Gasteiger charge is 2.09. The van der Waals surface area contributed by atoms with Gasteiger partial charge in [-0.1, -0.05) is 18.2 Å². The highest BCUT2D eigenvalue weighted by atomic mass is 16.4. The molecule has 0 aliphatic heterocycles. The Balaban J connectivity index is 1.92. The summed E-state index contributed by atoms with van der Waals surface area (Å²) in [5, 5.41) is 27.3. The van der Waals surface area contributed by atoms with Crippen molar-refractivity contribution in [1.82, 2.24) is 9.97 Å². The van der Waals surface area contributed by atoms with E-state index in [4.69, 9.17) is 0 Å². The van der Waals surface area contributed by atoms with Gasteiger partial charge in [0.15, 0.2) is 0 Å². The van der Waals surface area contributed by atoms with Crippen LogP contribution in [0.1, 0.15) is 10.4 Å². The predicted octanol–water partition coefficient (Wildman–Crippen LogP) is -0.322. The molecule has 0 radical (unpaired) electrons. The van der Waals surface area contributed by atoms with Crippen molar-refractivity contribution in [2.45, 2.75) is 0 Å². The van der Waals surface area contributed by atoms with Gasteiger partial charge in [-0.2, -0.15) is 0 Å². The second-order valence-electron chi connectivity index (χ2n) is 5.55. The van der Waals surface area contributed by atoms with Crippen LogP contribution in [0.3, 0.4) is 0 Å². The Bertz CT molecular complexity index is 1080. The molecule has 0 fully saturated rings. The van der Waals surface area contributed by atoms with Crippen molar-refractivity contribution < 1.29 is 24.6 Å². The van der Waals surface area contributed by atoms with E-state index in [1.165, 1.54) is 6.33 Å². The lowest BCUT2D eigenvalue weighted by atomic mass is 10.2. The lowest BCUT2D eigenvalue weighted by molar-refractivity contribution is -0.312. The lowest BCUT2D eigenvalue weighted by Gasteiger charge is -2.11. The summed E-state index contributed by atoms with van der Waals surface area (Å²) in [7, 11) is 0. The van der Waals surface area contributed by atoms with Crippen LogP contribution in [0.4, 0.5) is 11.5 Å². The molecule has 0 unspecified atom stereocenters. The number of hydrogen-bond donors (Lipinski definition) is 2. The first-order valence-electron chi connectivity index (χ1n) is 7.96. The van der Waals surface area contributed by atoms with Crippen LogP contribution in [0, 0.1) is 0 Å². The number of benzene rings is 2. The Morgan fingerprint density at radius 3 is 2.32 bits per heavy atom. The number of hydrogen-bond acceptors (Lipinski definition) is 8.